The van der Waals surface area contributed by atoms with E-state index in [1.54, 1.807) is 0 Å². The largest absolute Gasteiger partial charge is 0.372 e. The Hall–Kier alpha value is -0.570. The van der Waals surface area contributed by atoms with Gasteiger partial charge in [0.1, 0.15) is 6.61 Å². The molecule has 3 heteroatoms. The summed E-state index contributed by atoms with van der Waals surface area (Å²) in [6.07, 6.45) is 8.99. The molecule has 17 heavy (non-hydrogen) atoms. The lowest BCUT2D eigenvalue weighted by molar-refractivity contribution is -0.138. The van der Waals surface area contributed by atoms with Gasteiger partial charge in [-0.05, 0) is 37.5 Å². The Kier molecular flexibility index (Phi) is 4.43. The number of likely N-dealkylation sites (tertiary alicyclic amines) is 1. The minimum atomic E-state index is 0.186. The predicted octanol–water partition coefficient (Wildman–Crippen LogP) is 2.60. The van der Waals surface area contributed by atoms with E-state index in [4.69, 9.17) is 4.74 Å². The minimum absolute atomic E-state index is 0.186. The topological polar surface area (TPSA) is 29.5 Å². The Morgan fingerprint density at radius 3 is 2.41 bits per heavy atom. The molecule has 0 N–H and O–H groups in total. The van der Waals surface area contributed by atoms with Crippen molar-refractivity contribution in [3.05, 3.63) is 0 Å². The summed E-state index contributed by atoms with van der Waals surface area (Å²) in [5.41, 5.74) is 0.598. The average molecular weight is 239 g/mol. The average Bonchev–Trinajstić information content (AvgIpc) is 2.79. The third-order valence-corrected chi connectivity index (χ3v) is 4.42. The molecule has 0 aromatic heterocycles. The first kappa shape index (κ1) is 12.9. The van der Waals surface area contributed by atoms with Crippen LogP contribution in [0.25, 0.3) is 0 Å². The highest BCUT2D eigenvalue weighted by Gasteiger charge is 2.37. The molecule has 3 nitrogen and oxygen atoms in total. The van der Waals surface area contributed by atoms with Crippen LogP contribution in [-0.2, 0) is 9.53 Å². The maximum absolute atomic E-state index is 11.9. The minimum Gasteiger partial charge on any atom is -0.372 e. The van der Waals surface area contributed by atoms with Gasteiger partial charge in [0.2, 0.25) is 5.91 Å². The molecule has 0 aromatic carbocycles. The molecule has 98 valence electrons. The Bertz CT molecular complexity index is 249. The molecule has 1 aliphatic carbocycles. The van der Waals surface area contributed by atoms with Crippen molar-refractivity contribution < 1.29 is 9.53 Å². The van der Waals surface area contributed by atoms with Gasteiger partial charge < -0.3 is 9.64 Å². The van der Waals surface area contributed by atoms with E-state index < -0.39 is 0 Å². The van der Waals surface area contributed by atoms with Crippen LogP contribution in [0.4, 0.5) is 0 Å². The lowest BCUT2D eigenvalue weighted by Gasteiger charge is -2.39. The van der Waals surface area contributed by atoms with E-state index in [0.29, 0.717) is 12.0 Å². The summed E-state index contributed by atoms with van der Waals surface area (Å²) in [4.78, 5) is 13.9. The van der Waals surface area contributed by atoms with E-state index in [1.807, 2.05) is 4.90 Å². The maximum atomic E-state index is 11.9. The van der Waals surface area contributed by atoms with Gasteiger partial charge in [0, 0.05) is 19.7 Å². The van der Waals surface area contributed by atoms with E-state index in [1.165, 1.54) is 38.5 Å². The monoisotopic (exact) mass is 239 g/mol. The number of hydrogen-bond donors (Lipinski definition) is 0. The molecule has 0 atom stereocenters. The molecule has 2 rings (SSSR count). The summed E-state index contributed by atoms with van der Waals surface area (Å²) in [7, 11) is 0. The lowest BCUT2D eigenvalue weighted by atomic mass is 9.77. The zero-order valence-electron chi connectivity index (χ0n) is 11.0. The molecule has 1 saturated heterocycles. The maximum Gasteiger partial charge on any atom is 0.248 e. The number of amides is 1. The van der Waals surface area contributed by atoms with Crippen LogP contribution in [0.15, 0.2) is 0 Å². The Balaban J connectivity index is 1.72. The third-order valence-electron chi connectivity index (χ3n) is 4.42. The van der Waals surface area contributed by atoms with Gasteiger partial charge in [-0.3, -0.25) is 4.79 Å². The highest BCUT2D eigenvalue weighted by molar-refractivity contribution is 5.77. The molecule has 0 radical (unpaired) electrons. The van der Waals surface area contributed by atoms with Crippen LogP contribution in [0.1, 0.15) is 51.9 Å². The van der Waals surface area contributed by atoms with Gasteiger partial charge in [-0.1, -0.05) is 19.8 Å². The summed E-state index contributed by atoms with van der Waals surface area (Å²) in [6.45, 7) is 4.95. The molecule has 1 spiro atoms. The summed E-state index contributed by atoms with van der Waals surface area (Å²) in [5, 5.41) is 0. The number of carbonyl (C=O) groups is 1. The normalized spacial score (nSPS) is 23.2. The van der Waals surface area contributed by atoms with Crippen molar-refractivity contribution in [2.24, 2.45) is 5.41 Å². The first-order valence-electron chi connectivity index (χ1n) is 7.11. The van der Waals surface area contributed by atoms with Crippen molar-refractivity contribution in [3.63, 3.8) is 0 Å². The van der Waals surface area contributed by atoms with E-state index in [-0.39, 0.29) is 12.5 Å². The fraction of sp³-hybridized carbons (Fsp3) is 0.929. The van der Waals surface area contributed by atoms with Crippen LogP contribution in [-0.4, -0.2) is 37.1 Å². The zero-order chi connectivity index (χ0) is 12.1. The van der Waals surface area contributed by atoms with E-state index >= 15 is 0 Å². The number of rotatable bonds is 4. The summed E-state index contributed by atoms with van der Waals surface area (Å²) >= 11 is 0. The van der Waals surface area contributed by atoms with Gasteiger partial charge in [0.05, 0.1) is 0 Å². The smallest absolute Gasteiger partial charge is 0.248 e. The van der Waals surface area contributed by atoms with Gasteiger partial charge in [-0.2, -0.15) is 0 Å². The molecular weight excluding hydrogens is 214 g/mol. The predicted molar refractivity (Wildman–Crippen MR) is 67.8 cm³/mol. The first-order valence-corrected chi connectivity index (χ1v) is 7.11. The fourth-order valence-electron chi connectivity index (χ4n) is 3.25. The van der Waals surface area contributed by atoms with Crippen molar-refractivity contribution >= 4 is 5.91 Å². The number of nitrogens with zero attached hydrogens (tertiary/aromatic N) is 1. The Labute approximate surface area is 105 Å². The molecule has 1 amide bonds. The quantitative estimate of drug-likeness (QED) is 0.706. The lowest BCUT2D eigenvalue weighted by Crippen LogP contribution is -2.43. The van der Waals surface area contributed by atoms with E-state index in [2.05, 4.69) is 6.92 Å². The molecule has 0 bridgehead atoms. The summed E-state index contributed by atoms with van der Waals surface area (Å²) < 4.78 is 5.32. The number of piperidine rings is 1. The summed E-state index contributed by atoms with van der Waals surface area (Å²) in [6, 6.07) is 0. The van der Waals surface area contributed by atoms with Crippen molar-refractivity contribution in [2.45, 2.75) is 51.9 Å². The third kappa shape index (κ3) is 3.21. The molecule has 2 fully saturated rings. The Morgan fingerprint density at radius 2 is 1.82 bits per heavy atom. The van der Waals surface area contributed by atoms with Crippen LogP contribution < -0.4 is 0 Å². The van der Waals surface area contributed by atoms with Gasteiger partial charge >= 0.3 is 0 Å². The zero-order valence-corrected chi connectivity index (χ0v) is 11.0. The van der Waals surface area contributed by atoms with Crippen molar-refractivity contribution in [2.75, 3.05) is 26.3 Å². The fourth-order valence-corrected chi connectivity index (χ4v) is 3.25. The molecule has 1 heterocycles. The molecule has 0 aromatic rings. The van der Waals surface area contributed by atoms with E-state index in [9.17, 15) is 4.79 Å². The van der Waals surface area contributed by atoms with Crippen LogP contribution in [0.3, 0.4) is 0 Å². The molecule has 2 aliphatic rings. The highest BCUT2D eigenvalue weighted by Crippen LogP contribution is 2.46. The van der Waals surface area contributed by atoms with Crippen LogP contribution in [0, 0.1) is 5.41 Å². The second kappa shape index (κ2) is 5.85. The molecule has 1 saturated carbocycles. The van der Waals surface area contributed by atoms with Gasteiger partial charge in [-0.25, -0.2) is 0 Å². The molecule has 1 aliphatic heterocycles. The first-order chi connectivity index (χ1) is 8.26. The van der Waals surface area contributed by atoms with E-state index in [0.717, 1.165) is 19.5 Å². The van der Waals surface area contributed by atoms with Gasteiger partial charge in [0.15, 0.2) is 0 Å². The Morgan fingerprint density at radius 1 is 1.18 bits per heavy atom. The summed E-state index contributed by atoms with van der Waals surface area (Å²) in [5.74, 6) is 0.186. The van der Waals surface area contributed by atoms with Crippen molar-refractivity contribution in [1.82, 2.24) is 4.90 Å². The second-order valence-corrected chi connectivity index (χ2v) is 5.64. The van der Waals surface area contributed by atoms with Crippen molar-refractivity contribution in [1.29, 1.82) is 0 Å². The number of carbonyl (C=O) groups excluding carboxylic acids is 1. The van der Waals surface area contributed by atoms with Gasteiger partial charge in [0.25, 0.3) is 0 Å². The SMILES string of the molecule is CCCOCC(=O)N1CCC2(CCCC2)CC1. The number of ether oxygens (including phenoxy) is 1. The standard InChI is InChI=1S/C14H25NO2/c1-2-11-17-12-13(16)15-9-7-14(8-10-15)5-3-4-6-14/h2-12H2,1H3. The van der Waals surface area contributed by atoms with Crippen LogP contribution in [0.5, 0.6) is 0 Å². The number of hydrogen-bond acceptors (Lipinski definition) is 2. The van der Waals surface area contributed by atoms with Crippen LogP contribution in [0.2, 0.25) is 0 Å². The highest BCUT2D eigenvalue weighted by atomic mass is 16.5. The van der Waals surface area contributed by atoms with Crippen LogP contribution >= 0.6 is 0 Å². The van der Waals surface area contributed by atoms with Crippen molar-refractivity contribution in [3.8, 4) is 0 Å². The second-order valence-electron chi connectivity index (χ2n) is 5.64. The molecule has 0 unspecified atom stereocenters. The van der Waals surface area contributed by atoms with Gasteiger partial charge in [-0.15, -0.1) is 0 Å². The molecular formula is C14H25NO2.